The second-order valence-corrected chi connectivity index (χ2v) is 5.65. The van der Waals surface area contributed by atoms with E-state index in [1.807, 2.05) is 0 Å². The maximum atomic E-state index is 13.9. The number of benzene rings is 1. The van der Waals surface area contributed by atoms with Crippen LogP contribution in [0.25, 0.3) is 0 Å². The molecule has 1 N–H and O–H groups in total. The van der Waals surface area contributed by atoms with E-state index in [9.17, 15) is 8.60 Å². The highest BCUT2D eigenvalue weighted by Crippen LogP contribution is 2.29. The Hall–Kier alpha value is -0.940. The van der Waals surface area contributed by atoms with Gasteiger partial charge in [-0.3, -0.25) is 4.21 Å². The Morgan fingerprint density at radius 1 is 1.53 bits per heavy atom. The van der Waals surface area contributed by atoms with Gasteiger partial charge in [0.1, 0.15) is 11.6 Å². The molecule has 1 heterocycles. The van der Waals surface area contributed by atoms with Crippen LogP contribution in [0, 0.1) is 5.82 Å². The van der Waals surface area contributed by atoms with Gasteiger partial charge in [-0.2, -0.15) is 0 Å². The molecule has 1 aromatic rings. The van der Waals surface area contributed by atoms with E-state index in [2.05, 4.69) is 5.32 Å². The number of methoxy groups -OCH3 is 1. The van der Waals surface area contributed by atoms with Gasteiger partial charge in [0.2, 0.25) is 0 Å². The third kappa shape index (κ3) is 2.84. The molecule has 1 saturated heterocycles. The number of hydrogen-bond donors (Lipinski definition) is 1. The fraction of sp³-hybridized carbons (Fsp3) is 0.500. The number of rotatable bonds is 2. The Bertz CT molecular complexity index is 425. The van der Waals surface area contributed by atoms with Crippen LogP contribution in [0.5, 0.6) is 5.75 Å². The maximum absolute atomic E-state index is 13.9. The second-order valence-electron chi connectivity index (χ2n) is 4.03. The van der Waals surface area contributed by atoms with Crippen LogP contribution in [0.15, 0.2) is 18.2 Å². The van der Waals surface area contributed by atoms with E-state index in [4.69, 9.17) is 4.74 Å². The third-order valence-corrected chi connectivity index (χ3v) is 4.32. The van der Waals surface area contributed by atoms with Crippen molar-refractivity contribution >= 4 is 10.8 Å². The fourth-order valence-corrected chi connectivity index (χ4v) is 3.35. The van der Waals surface area contributed by atoms with Gasteiger partial charge in [0, 0.05) is 27.9 Å². The molecule has 1 fully saturated rings. The van der Waals surface area contributed by atoms with Crippen LogP contribution in [-0.2, 0) is 10.8 Å². The lowest BCUT2D eigenvalue weighted by Crippen LogP contribution is -2.25. The molecular formula is C12H16FNO2S. The molecule has 1 aliphatic heterocycles. The van der Waals surface area contributed by atoms with Gasteiger partial charge in [0.05, 0.1) is 13.2 Å². The van der Waals surface area contributed by atoms with Gasteiger partial charge < -0.3 is 10.1 Å². The van der Waals surface area contributed by atoms with E-state index >= 15 is 0 Å². The summed E-state index contributed by atoms with van der Waals surface area (Å²) in [5.74, 6) is 1.33. The molecule has 0 aliphatic carbocycles. The van der Waals surface area contributed by atoms with Crippen LogP contribution in [0.2, 0.25) is 0 Å². The molecule has 94 valence electrons. The molecule has 2 rings (SSSR count). The Kier molecular flexibility index (Phi) is 4.12. The van der Waals surface area contributed by atoms with Crippen LogP contribution < -0.4 is 10.1 Å². The molecule has 1 aliphatic rings. The summed E-state index contributed by atoms with van der Waals surface area (Å²) < 4.78 is 30.7. The zero-order chi connectivity index (χ0) is 12.3. The van der Waals surface area contributed by atoms with Gasteiger partial charge in [0.15, 0.2) is 0 Å². The van der Waals surface area contributed by atoms with Crippen LogP contribution in [-0.4, -0.2) is 29.4 Å². The van der Waals surface area contributed by atoms with Crippen molar-refractivity contribution in [3.05, 3.63) is 29.6 Å². The first-order valence-corrected chi connectivity index (χ1v) is 7.12. The maximum Gasteiger partial charge on any atom is 0.131 e. The Morgan fingerprint density at radius 2 is 2.35 bits per heavy atom. The smallest absolute Gasteiger partial charge is 0.131 e. The molecule has 5 heteroatoms. The van der Waals surface area contributed by atoms with Gasteiger partial charge in [-0.25, -0.2) is 4.39 Å². The van der Waals surface area contributed by atoms with Gasteiger partial charge in [-0.05, 0) is 25.1 Å². The first kappa shape index (κ1) is 12.5. The minimum absolute atomic E-state index is 0.227. The molecule has 0 radical (unpaired) electrons. The monoisotopic (exact) mass is 257 g/mol. The largest absolute Gasteiger partial charge is 0.496 e. The summed E-state index contributed by atoms with van der Waals surface area (Å²) in [6, 6.07) is 4.53. The first-order valence-electron chi connectivity index (χ1n) is 5.63. The summed E-state index contributed by atoms with van der Waals surface area (Å²) in [6.45, 7) is 0.758. The average Bonchev–Trinajstić information content (AvgIpc) is 2.53. The SMILES string of the molecule is COc1cccc(F)c1C1CS(=O)CCCN1. The van der Waals surface area contributed by atoms with E-state index in [1.165, 1.54) is 13.2 Å². The summed E-state index contributed by atoms with van der Waals surface area (Å²) in [5.41, 5.74) is 0.491. The van der Waals surface area contributed by atoms with Crippen molar-refractivity contribution < 1.29 is 13.3 Å². The van der Waals surface area contributed by atoms with E-state index < -0.39 is 10.8 Å². The van der Waals surface area contributed by atoms with E-state index in [0.717, 1.165) is 13.0 Å². The fourth-order valence-electron chi connectivity index (χ4n) is 2.06. The molecule has 0 spiro atoms. The lowest BCUT2D eigenvalue weighted by atomic mass is 10.1. The standard InChI is InChI=1S/C12H16FNO2S/c1-16-11-5-2-4-9(13)12(11)10-8-17(15)7-3-6-14-10/h2,4-5,10,14H,3,6-8H2,1H3. The Labute approximate surface area is 103 Å². The predicted molar refractivity (Wildman–Crippen MR) is 66.2 cm³/mol. The van der Waals surface area contributed by atoms with Crippen LogP contribution >= 0.6 is 0 Å². The van der Waals surface area contributed by atoms with Crippen molar-refractivity contribution in [2.24, 2.45) is 0 Å². The van der Waals surface area contributed by atoms with E-state index in [-0.39, 0.29) is 11.9 Å². The highest BCUT2D eigenvalue weighted by atomic mass is 32.2. The highest BCUT2D eigenvalue weighted by Gasteiger charge is 2.23. The molecule has 1 aromatic carbocycles. The topological polar surface area (TPSA) is 38.3 Å². The minimum Gasteiger partial charge on any atom is -0.496 e. The molecule has 3 nitrogen and oxygen atoms in total. The quantitative estimate of drug-likeness (QED) is 0.875. The predicted octanol–water partition coefficient (Wildman–Crippen LogP) is 1.62. The molecule has 0 bridgehead atoms. The number of halogens is 1. The lowest BCUT2D eigenvalue weighted by Gasteiger charge is -2.19. The molecule has 2 unspecified atom stereocenters. The normalized spacial score (nSPS) is 25.3. The molecule has 0 amide bonds. The summed E-state index contributed by atoms with van der Waals surface area (Å²) >= 11 is 0. The zero-order valence-corrected chi connectivity index (χ0v) is 10.6. The van der Waals surface area contributed by atoms with Gasteiger partial charge in [-0.1, -0.05) is 6.07 Å². The first-order chi connectivity index (χ1) is 8.22. The summed E-state index contributed by atoms with van der Waals surface area (Å²) in [6.07, 6.45) is 0.861. The number of ether oxygens (including phenoxy) is 1. The molecule has 0 saturated carbocycles. The van der Waals surface area contributed by atoms with Gasteiger partial charge in [0.25, 0.3) is 0 Å². The van der Waals surface area contributed by atoms with Crippen molar-refractivity contribution in [2.45, 2.75) is 12.5 Å². The van der Waals surface area contributed by atoms with Crippen molar-refractivity contribution in [3.63, 3.8) is 0 Å². The summed E-state index contributed by atoms with van der Waals surface area (Å²) in [5, 5.41) is 3.23. The molecule has 0 aromatic heterocycles. The van der Waals surface area contributed by atoms with Crippen molar-refractivity contribution in [1.82, 2.24) is 5.32 Å². The Morgan fingerprint density at radius 3 is 3.12 bits per heavy atom. The lowest BCUT2D eigenvalue weighted by molar-refractivity contribution is 0.395. The van der Waals surface area contributed by atoms with Crippen LogP contribution in [0.4, 0.5) is 4.39 Å². The van der Waals surface area contributed by atoms with E-state index in [1.54, 1.807) is 12.1 Å². The van der Waals surface area contributed by atoms with Crippen LogP contribution in [0.3, 0.4) is 0 Å². The van der Waals surface area contributed by atoms with Crippen molar-refractivity contribution in [2.75, 3.05) is 25.2 Å². The van der Waals surface area contributed by atoms with Gasteiger partial charge >= 0.3 is 0 Å². The molecule has 2 atom stereocenters. The second kappa shape index (κ2) is 5.60. The zero-order valence-electron chi connectivity index (χ0n) is 9.74. The highest BCUT2D eigenvalue weighted by molar-refractivity contribution is 7.85. The number of nitrogens with one attached hydrogen (secondary N) is 1. The molecule has 17 heavy (non-hydrogen) atoms. The third-order valence-electron chi connectivity index (χ3n) is 2.87. The van der Waals surface area contributed by atoms with Crippen molar-refractivity contribution in [3.8, 4) is 5.75 Å². The summed E-state index contributed by atoms with van der Waals surface area (Å²) in [7, 11) is 0.628. The van der Waals surface area contributed by atoms with Gasteiger partial charge in [-0.15, -0.1) is 0 Å². The van der Waals surface area contributed by atoms with E-state index in [0.29, 0.717) is 22.8 Å². The average molecular weight is 257 g/mol. The summed E-state index contributed by atoms with van der Waals surface area (Å²) in [4.78, 5) is 0. The minimum atomic E-state index is -0.891. The molecular weight excluding hydrogens is 241 g/mol. The van der Waals surface area contributed by atoms with Crippen molar-refractivity contribution in [1.29, 1.82) is 0 Å². The number of hydrogen-bond acceptors (Lipinski definition) is 3. The van der Waals surface area contributed by atoms with Crippen LogP contribution in [0.1, 0.15) is 18.0 Å². The Balaban J connectivity index is 2.34.